The summed E-state index contributed by atoms with van der Waals surface area (Å²) in [6, 6.07) is 22.0. The van der Waals surface area contributed by atoms with E-state index >= 15 is 0 Å². The molecule has 0 amide bonds. The molecule has 9 rings (SSSR count). The van der Waals surface area contributed by atoms with E-state index in [0.29, 0.717) is 11.1 Å². The van der Waals surface area contributed by atoms with Gasteiger partial charge in [-0.05, 0) is 90.7 Å². The molecule has 0 saturated heterocycles. The lowest BCUT2D eigenvalue weighted by Crippen LogP contribution is -1.95. The van der Waals surface area contributed by atoms with Crippen LogP contribution in [0.1, 0.15) is 28.9 Å². The molecule has 0 saturated carbocycles. The van der Waals surface area contributed by atoms with Crippen LogP contribution in [0.5, 0.6) is 0 Å². The van der Waals surface area contributed by atoms with Gasteiger partial charge in [-0.2, -0.15) is 0 Å². The molecule has 0 aliphatic rings. The molecule has 0 unspecified atom stereocenters. The molecule has 0 atom stereocenters. The first-order valence-electron chi connectivity index (χ1n) is 21.3. The summed E-state index contributed by atoms with van der Waals surface area (Å²) in [5.74, 6) is 0. The normalized spacial score (nSPS) is 15.5. The van der Waals surface area contributed by atoms with Gasteiger partial charge in [0.2, 0.25) is 0 Å². The number of rotatable bonds is 5. The van der Waals surface area contributed by atoms with Crippen LogP contribution in [0.4, 0.5) is 0 Å². The average molecular weight is 600 g/mol. The predicted octanol–water partition coefficient (Wildman–Crippen LogP) is 12.5. The fraction of sp³-hybridized carbons (Fsp3) is 0.0222. The predicted molar refractivity (Wildman–Crippen MR) is 194 cm³/mol. The topological polar surface area (TPSA) is 13.1 Å². The Morgan fingerprint density at radius 1 is 0.457 bits per heavy atom. The molecule has 0 aliphatic carbocycles. The maximum Gasteiger partial charge on any atom is 0.136 e. The summed E-state index contributed by atoms with van der Waals surface area (Å²) < 4.78 is 120. The van der Waals surface area contributed by atoms with Crippen LogP contribution in [-0.2, 0) is 6.42 Å². The zero-order chi connectivity index (χ0) is 41.8. The largest absolute Gasteiger partial charge is 0.456 e. The van der Waals surface area contributed by atoms with Gasteiger partial charge in [-0.15, -0.1) is 0 Å². The zero-order valence-electron chi connectivity index (χ0n) is 37.3. The summed E-state index contributed by atoms with van der Waals surface area (Å²) in [7, 11) is 0. The molecule has 1 nitrogen and oxygen atoms in total. The van der Waals surface area contributed by atoms with E-state index in [0.717, 1.165) is 38.6 Å². The lowest BCUT2D eigenvalue weighted by molar-refractivity contribution is 0.669. The van der Waals surface area contributed by atoms with Gasteiger partial charge in [0.25, 0.3) is 0 Å². The Morgan fingerprint density at radius 3 is 1.80 bits per heavy atom. The van der Waals surface area contributed by atoms with Crippen molar-refractivity contribution in [1.29, 1.82) is 0 Å². The van der Waals surface area contributed by atoms with Crippen molar-refractivity contribution >= 4 is 43.5 Å². The molecule has 1 heterocycles. The number of hydrogen-bond donors (Lipinski definition) is 0. The van der Waals surface area contributed by atoms with Crippen LogP contribution >= 0.6 is 0 Å². The highest BCUT2D eigenvalue weighted by atomic mass is 16.3. The number of fused-ring (bicyclic) bond motifs is 5. The van der Waals surface area contributed by atoms with Crippen molar-refractivity contribution in [2.75, 3.05) is 0 Å². The van der Waals surface area contributed by atoms with Crippen molar-refractivity contribution in [1.82, 2.24) is 0 Å². The first kappa shape index (κ1) is 16.4. The van der Waals surface area contributed by atoms with Gasteiger partial charge < -0.3 is 4.42 Å². The molecule has 9 aromatic rings. The van der Waals surface area contributed by atoms with Crippen molar-refractivity contribution in [2.24, 2.45) is 0 Å². The molecule has 1 aromatic heterocycles. The summed E-state index contributed by atoms with van der Waals surface area (Å²) >= 11 is 0. The number of hydrogen-bond acceptors (Lipinski definition) is 1. The second kappa shape index (κ2) is 10.9. The summed E-state index contributed by atoms with van der Waals surface area (Å²) in [4.78, 5) is 0. The van der Waals surface area contributed by atoms with E-state index in [1.807, 2.05) is 60.7 Å². The fourth-order valence-electron chi connectivity index (χ4n) is 6.40. The first-order valence-corrected chi connectivity index (χ1v) is 14.8. The van der Waals surface area contributed by atoms with Crippen LogP contribution in [0.3, 0.4) is 0 Å². The molecular formula is C45H30O. The Kier molecular flexibility index (Phi) is 3.89. The van der Waals surface area contributed by atoms with Crippen molar-refractivity contribution in [3.05, 3.63) is 181 Å². The van der Waals surface area contributed by atoms with Gasteiger partial charge in [-0.1, -0.05) is 151 Å². The molecule has 8 aromatic carbocycles. The molecule has 216 valence electrons. The monoisotopic (exact) mass is 599 g/mol. The van der Waals surface area contributed by atoms with Crippen LogP contribution in [-0.4, -0.2) is 0 Å². The molecule has 0 radical (unpaired) electrons. The third-order valence-electron chi connectivity index (χ3n) is 8.47. The summed E-state index contributed by atoms with van der Waals surface area (Å²) in [5, 5.41) is 1.74. The number of furan rings is 1. The Hall–Kier alpha value is -5.92. The highest BCUT2D eigenvalue weighted by molar-refractivity contribution is 6.15. The van der Waals surface area contributed by atoms with Crippen LogP contribution in [0, 0.1) is 0 Å². The average Bonchev–Trinajstić information content (AvgIpc) is 3.64. The Balaban J connectivity index is 1.28. The van der Waals surface area contributed by atoms with E-state index in [9.17, 15) is 2.74 Å². The molecule has 0 N–H and O–H groups in total. The van der Waals surface area contributed by atoms with Crippen LogP contribution in [0.15, 0.2) is 174 Å². The lowest BCUT2D eigenvalue weighted by atomic mass is 9.86. The third kappa shape index (κ3) is 4.40. The molecular weight excluding hydrogens is 556 g/mol. The minimum Gasteiger partial charge on any atom is -0.456 e. The zero-order valence-corrected chi connectivity index (χ0v) is 24.3. The van der Waals surface area contributed by atoms with E-state index in [1.54, 1.807) is 12.1 Å². The molecule has 1 heteroatoms. The first-order chi connectivity index (χ1) is 28.2. The number of benzene rings is 8. The van der Waals surface area contributed by atoms with E-state index in [2.05, 4.69) is 18.2 Å². The molecule has 46 heavy (non-hydrogen) atoms. The van der Waals surface area contributed by atoms with Crippen LogP contribution in [0.2, 0.25) is 0 Å². The van der Waals surface area contributed by atoms with Gasteiger partial charge in [0.05, 0.1) is 17.8 Å². The SMILES string of the molecule is [2H]c1c([2H])c([2H])c(Cc2c3c([2H])c([2H])c([2H])c([2H])c3c(-c3ccc(-c4ccc5c(c4)oc4cccc(-c6ccccc6)c45)cc3)c3c([2H])c([2H])c([2H])c([2H])c23)c([2H])c1[2H]. The smallest absolute Gasteiger partial charge is 0.136 e. The standard InChI is InChI=1S/C45H30O/c1-3-12-30(13-4-1)28-41-36-16-7-9-18-38(36)44(39-19-10-8-17-37(39)41)33-24-22-31(23-25-33)34-26-27-40-43(29-34)46-42-21-11-20-35(45(40)42)32-14-5-2-6-15-32/h1-27,29H,28H2/i1D,3D,4D,7D,8D,9D,10D,12D,13D,16D,17D,18D,19D. The minimum atomic E-state index is -0.615. The summed E-state index contributed by atoms with van der Waals surface area (Å²) in [6.07, 6.45) is -0.483. The van der Waals surface area contributed by atoms with Crippen molar-refractivity contribution < 1.29 is 22.2 Å². The Labute approximate surface area is 286 Å². The van der Waals surface area contributed by atoms with Crippen molar-refractivity contribution in [2.45, 2.75) is 6.42 Å². The van der Waals surface area contributed by atoms with Crippen LogP contribution in [0.25, 0.3) is 76.9 Å². The van der Waals surface area contributed by atoms with Crippen molar-refractivity contribution in [3.8, 4) is 33.4 Å². The van der Waals surface area contributed by atoms with E-state index < -0.39 is 85.0 Å². The fourth-order valence-corrected chi connectivity index (χ4v) is 6.40. The van der Waals surface area contributed by atoms with Crippen molar-refractivity contribution in [3.63, 3.8) is 0 Å². The maximum absolute atomic E-state index is 9.19. The Bertz CT molecular complexity index is 3160. The van der Waals surface area contributed by atoms with Gasteiger partial charge >= 0.3 is 0 Å². The van der Waals surface area contributed by atoms with Gasteiger partial charge in [-0.25, -0.2) is 0 Å². The summed E-state index contributed by atoms with van der Waals surface area (Å²) in [5.41, 5.74) is 5.52. The molecule has 0 fully saturated rings. The van der Waals surface area contributed by atoms with Gasteiger partial charge in [-0.3, -0.25) is 0 Å². The van der Waals surface area contributed by atoms with E-state index in [1.165, 1.54) is 0 Å². The second-order valence-electron chi connectivity index (χ2n) is 11.1. The molecule has 0 spiro atoms. The van der Waals surface area contributed by atoms with Gasteiger partial charge in [0.15, 0.2) is 0 Å². The second-order valence-corrected chi connectivity index (χ2v) is 11.1. The summed E-state index contributed by atoms with van der Waals surface area (Å²) in [6.45, 7) is 0. The van der Waals surface area contributed by atoms with Gasteiger partial charge in [0.1, 0.15) is 11.2 Å². The molecule has 0 bridgehead atoms. The Morgan fingerprint density at radius 2 is 1.09 bits per heavy atom. The highest BCUT2D eigenvalue weighted by Gasteiger charge is 2.17. The third-order valence-corrected chi connectivity index (χ3v) is 8.47. The van der Waals surface area contributed by atoms with E-state index in [-0.39, 0.29) is 38.2 Å². The highest BCUT2D eigenvalue weighted by Crippen LogP contribution is 2.42. The quantitative estimate of drug-likeness (QED) is 0.179. The molecule has 0 aliphatic heterocycles. The van der Waals surface area contributed by atoms with E-state index in [4.69, 9.17) is 19.5 Å². The lowest BCUT2D eigenvalue weighted by Gasteiger charge is -2.18. The van der Waals surface area contributed by atoms with Crippen LogP contribution < -0.4 is 0 Å². The minimum absolute atomic E-state index is 0.0116. The maximum atomic E-state index is 9.19. The van der Waals surface area contributed by atoms with Gasteiger partial charge in [0, 0.05) is 10.8 Å².